The molecule has 1 aliphatic carbocycles. The van der Waals surface area contributed by atoms with Gasteiger partial charge in [0.25, 0.3) is 0 Å². The third kappa shape index (κ3) is 3.93. The van der Waals surface area contributed by atoms with Gasteiger partial charge in [0, 0.05) is 6.26 Å². The van der Waals surface area contributed by atoms with Gasteiger partial charge in [-0.15, -0.1) is 0 Å². The molecule has 0 aliphatic heterocycles. The Kier molecular flexibility index (Phi) is 4.98. The maximum atomic E-state index is 11.5. The van der Waals surface area contributed by atoms with Crippen LogP contribution in [0.1, 0.15) is 39.5 Å². The maximum absolute atomic E-state index is 11.5. The third-order valence-corrected chi connectivity index (χ3v) is 5.43. The van der Waals surface area contributed by atoms with Crippen LogP contribution in [0.4, 0.5) is 0 Å². The lowest BCUT2D eigenvalue weighted by atomic mass is 9.81. The van der Waals surface area contributed by atoms with Crippen LogP contribution >= 0.6 is 0 Å². The average molecular weight is 264 g/mol. The van der Waals surface area contributed by atoms with Crippen molar-refractivity contribution in [1.29, 1.82) is 0 Å². The van der Waals surface area contributed by atoms with Crippen LogP contribution in [0, 0.1) is 11.8 Å². The standard InChI is InChI=1S/C12H24O4S/c1-8(2)11(13)12(14)9-5-4-6-10(7-9)17(3,15)16/h8-14H,4-7H2,1-3H3. The zero-order valence-corrected chi connectivity index (χ0v) is 11.7. The highest BCUT2D eigenvalue weighted by Gasteiger charge is 2.35. The van der Waals surface area contributed by atoms with E-state index in [1.54, 1.807) is 0 Å². The molecule has 4 nitrogen and oxygen atoms in total. The van der Waals surface area contributed by atoms with Crippen LogP contribution in [0.2, 0.25) is 0 Å². The molecule has 0 bridgehead atoms. The first-order valence-corrected chi connectivity index (χ1v) is 8.24. The Morgan fingerprint density at radius 2 is 1.76 bits per heavy atom. The Bertz CT molecular complexity index is 336. The predicted molar refractivity (Wildman–Crippen MR) is 67.4 cm³/mol. The number of aliphatic hydroxyl groups excluding tert-OH is 2. The van der Waals surface area contributed by atoms with Crippen LogP contribution in [0.25, 0.3) is 0 Å². The molecule has 102 valence electrons. The number of hydrogen-bond acceptors (Lipinski definition) is 4. The normalized spacial score (nSPS) is 30.2. The van der Waals surface area contributed by atoms with Gasteiger partial charge in [0.1, 0.15) is 9.84 Å². The molecule has 0 saturated heterocycles. The Hall–Kier alpha value is -0.130. The van der Waals surface area contributed by atoms with Crippen LogP contribution in [0.3, 0.4) is 0 Å². The number of sulfone groups is 1. The van der Waals surface area contributed by atoms with Crippen molar-refractivity contribution < 1.29 is 18.6 Å². The third-order valence-electron chi connectivity index (χ3n) is 3.79. The van der Waals surface area contributed by atoms with E-state index in [1.165, 1.54) is 6.26 Å². The quantitative estimate of drug-likeness (QED) is 0.793. The predicted octanol–water partition coefficient (Wildman–Crippen LogP) is 0.968. The molecule has 5 heteroatoms. The highest BCUT2D eigenvalue weighted by Crippen LogP contribution is 2.32. The van der Waals surface area contributed by atoms with E-state index >= 15 is 0 Å². The van der Waals surface area contributed by atoms with E-state index in [4.69, 9.17) is 0 Å². The van der Waals surface area contributed by atoms with Crippen molar-refractivity contribution >= 4 is 9.84 Å². The summed E-state index contributed by atoms with van der Waals surface area (Å²) < 4.78 is 23.0. The minimum Gasteiger partial charge on any atom is -0.390 e. The van der Waals surface area contributed by atoms with Gasteiger partial charge in [0.15, 0.2) is 0 Å². The van der Waals surface area contributed by atoms with E-state index in [2.05, 4.69) is 0 Å². The van der Waals surface area contributed by atoms with Crippen molar-refractivity contribution in [3.8, 4) is 0 Å². The van der Waals surface area contributed by atoms with Gasteiger partial charge in [-0.05, 0) is 31.1 Å². The van der Waals surface area contributed by atoms with Crippen LogP contribution in [0.5, 0.6) is 0 Å². The first-order valence-electron chi connectivity index (χ1n) is 6.28. The molecule has 0 aromatic heterocycles. The van der Waals surface area contributed by atoms with Crippen LogP contribution in [-0.2, 0) is 9.84 Å². The maximum Gasteiger partial charge on any atom is 0.150 e. The summed E-state index contributed by atoms with van der Waals surface area (Å²) in [7, 11) is -3.03. The summed E-state index contributed by atoms with van der Waals surface area (Å²) in [6, 6.07) is 0. The summed E-state index contributed by atoms with van der Waals surface area (Å²) >= 11 is 0. The van der Waals surface area contributed by atoms with Crippen LogP contribution in [-0.4, -0.2) is 42.3 Å². The Labute approximate surface area is 104 Å². The van der Waals surface area contributed by atoms with E-state index in [9.17, 15) is 18.6 Å². The number of rotatable bonds is 4. The second kappa shape index (κ2) is 5.67. The summed E-state index contributed by atoms with van der Waals surface area (Å²) in [4.78, 5) is 0. The highest BCUT2D eigenvalue weighted by molar-refractivity contribution is 7.91. The van der Waals surface area contributed by atoms with Gasteiger partial charge in [-0.3, -0.25) is 0 Å². The van der Waals surface area contributed by atoms with Gasteiger partial charge in [0.05, 0.1) is 17.5 Å². The number of aliphatic hydroxyl groups is 2. The van der Waals surface area contributed by atoms with Gasteiger partial charge in [-0.25, -0.2) is 8.42 Å². The van der Waals surface area contributed by atoms with Crippen molar-refractivity contribution in [2.24, 2.45) is 11.8 Å². The molecular formula is C12H24O4S. The van der Waals surface area contributed by atoms with Crippen molar-refractivity contribution in [3.63, 3.8) is 0 Å². The minimum absolute atomic E-state index is 0.0105. The fourth-order valence-electron chi connectivity index (χ4n) is 2.55. The fraction of sp³-hybridized carbons (Fsp3) is 1.00. The van der Waals surface area contributed by atoms with Gasteiger partial charge >= 0.3 is 0 Å². The van der Waals surface area contributed by atoms with Crippen LogP contribution < -0.4 is 0 Å². The summed E-state index contributed by atoms with van der Waals surface area (Å²) in [5, 5.41) is 19.5. The van der Waals surface area contributed by atoms with E-state index in [1.807, 2.05) is 13.8 Å². The lowest BCUT2D eigenvalue weighted by molar-refractivity contribution is -0.0478. The molecule has 0 amide bonds. The summed E-state index contributed by atoms with van der Waals surface area (Å²) in [6.07, 6.45) is 2.45. The van der Waals surface area contributed by atoms with Gasteiger partial charge in [0.2, 0.25) is 0 Å². The van der Waals surface area contributed by atoms with Crippen molar-refractivity contribution in [2.45, 2.75) is 57.0 Å². The first-order chi connectivity index (χ1) is 7.73. The van der Waals surface area contributed by atoms with Crippen molar-refractivity contribution in [2.75, 3.05) is 6.26 Å². The molecule has 0 radical (unpaired) electrons. The SMILES string of the molecule is CC(C)C(O)C(O)C1CCCC(S(C)(=O)=O)C1. The van der Waals surface area contributed by atoms with Crippen LogP contribution in [0.15, 0.2) is 0 Å². The monoisotopic (exact) mass is 264 g/mol. The Morgan fingerprint density at radius 1 is 1.18 bits per heavy atom. The van der Waals surface area contributed by atoms with E-state index < -0.39 is 22.0 Å². The van der Waals surface area contributed by atoms with Gasteiger partial charge in [-0.1, -0.05) is 20.3 Å². The first kappa shape index (κ1) is 14.9. The van der Waals surface area contributed by atoms with E-state index in [0.29, 0.717) is 12.8 Å². The molecule has 0 heterocycles. The summed E-state index contributed by atoms with van der Waals surface area (Å²) in [5.41, 5.74) is 0. The molecule has 2 N–H and O–H groups in total. The molecule has 1 aliphatic rings. The molecule has 1 saturated carbocycles. The highest BCUT2D eigenvalue weighted by atomic mass is 32.2. The molecule has 0 spiro atoms. The lowest BCUT2D eigenvalue weighted by Crippen LogP contribution is -2.41. The fourth-order valence-corrected chi connectivity index (χ4v) is 3.74. The minimum atomic E-state index is -3.03. The second-order valence-electron chi connectivity index (χ2n) is 5.60. The lowest BCUT2D eigenvalue weighted by Gasteiger charge is -2.34. The van der Waals surface area contributed by atoms with Gasteiger partial charge in [-0.2, -0.15) is 0 Å². The zero-order chi connectivity index (χ0) is 13.2. The molecular weight excluding hydrogens is 240 g/mol. The van der Waals surface area contributed by atoms with Gasteiger partial charge < -0.3 is 10.2 Å². The molecule has 17 heavy (non-hydrogen) atoms. The van der Waals surface area contributed by atoms with Crippen molar-refractivity contribution in [1.82, 2.24) is 0 Å². The topological polar surface area (TPSA) is 74.6 Å². The largest absolute Gasteiger partial charge is 0.390 e. The molecule has 4 atom stereocenters. The average Bonchev–Trinajstić information content (AvgIpc) is 2.26. The van der Waals surface area contributed by atoms with E-state index in [-0.39, 0.29) is 17.1 Å². The molecule has 4 unspecified atom stereocenters. The summed E-state index contributed by atoms with van der Waals surface area (Å²) in [6.45, 7) is 3.70. The second-order valence-corrected chi connectivity index (χ2v) is 7.93. The van der Waals surface area contributed by atoms with Crippen molar-refractivity contribution in [3.05, 3.63) is 0 Å². The Balaban J connectivity index is 2.67. The molecule has 0 aromatic rings. The van der Waals surface area contributed by atoms with E-state index in [0.717, 1.165) is 12.8 Å². The summed E-state index contributed by atoms with van der Waals surface area (Å²) in [5.74, 6) is -0.107. The molecule has 1 rings (SSSR count). The smallest absolute Gasteiger partial charge is 0.150 e. The molecule has 1 fully saturated rings. The zero-order valence-electron chi connectivity index (χ0n) is 10.8. The number of hydrogen-bond donors (Lipinski definition) is 2. The Morgan fingerprint density at radius 3 is 2.24 bits per heavy atom. The molecule has 0 aromatic carbocycles.